The zero-order valence-electron chi connectivity index (χ0n) is 10.7. The second-order valence-corrected chi connectivity index (χ2v) is 4.78. The molecule has 5 nitrogen and oxygen atoms in total. The van der Waals surface area contributed by atoms with Gasteiger partial charge in [-0.3, -0.25) is 4.79 Å². The molecular weight excluding hydrogens is 244 g/mol. The predicted molar refractivity (Wildman–Crippen MR) is 70.9 cm³/mol. The second-order valence-electron chi connectivity index (χ2n) is 4.78. The first-order valence-corrected chi connectivity index (χ1v) is 6.47. The average Bonchev–Trinajstić information content (AvgIpc) is 2.89. The third-order valence-corrected chi connectivity index (χ3v) is 3.26. The van der Waals surface area contributed by atoms with Crippen LogP contribution in [0.1, 0.15) is 35.2 Å². The molecule has 1 atom stereocenters. The van der Waals surface area contributed by atoms with Gasteiger partial charge in [-0.05, 0) is 37.1 Å². The molecule has 1 aromatic rings. The maximum absolute atomic E-state index is 11.7. The number of carbonyl (C=O) groups is 2. The lowest BCUT2D eigenvalue weighted by Crippen LogP contribution is -2.31. The van der Waals surface area contributed by atoms with Crippen molar-refractivity contribution in [1.82, 2.24) is 10.6 Å². The number of nitrogens with one attached hydrogen (secondary N) is 2. The summed E-state index contributed by atoms with van der Waals surface area (Å²) < 4.78 is 0. The first-order valence-electron chi connectivity index (χ1n) is 6.47. The van der Waals surface area contributed by atoms with Crippen LogP contribution in [0.25, 0.3) is 0 Å². The zero-order chi connectivity index (χ0) is 13.7. The van der Waals surface area contributed by atoms with Gasteiger partial charge in [-0.1, -0.05) is 12.1 Å². The number of hydrogen-bond acceptors (Lipinski definition) is 3. The minimum atomic E-state index is -0.955. The van der Waals surface area contributed by atoms with Gasteiger partial charge in [0.2, 0.25) is 5.91 Å². The number of rotatable bonds is 5. The van der Waals surface area contributed by atoms with Crippen LogP contribution < -0.4 is 10.6 Å². The van der Waals surface area contributed by atoms with E-state index in [1.54, 1.807) is 18.2 Å². The number of aromatic carboxylic acids is 1. The monoisotopic (exact) mass is 262 g/mol. The van der Waals surface area contributed by atoms with Crippen molar-refractivity contribution < 1.29 is 14.7 Å². The summed E-state index contributed by atoms with van der Waals surface area (Å²) in [5, 5.41) is 15.0. The van der Waals surface area contributed by atoms with Gasteiger partial charge >= 0.3 is 5.97 Å². The highest BCUT2D eigenvalue weighted by Gasteiger charge is 2.17. The molecule has 1 aliphatic heterocycles. The molecule has 1 unspecified atom stereocenters. The van der Waals surface area contributed by atoms with E-state index in [0.29, 0.717) is 13.0 Å². The van der Waals surface area contributed by atoms with Gasteiger partial charge in [-0.15, -0.1) is 0 Å². The van der Waals surface area contributed by atoms with Crippen LogP contribution in [0, 0.1) is 0 Å². The highest BCUT2D eigenvalue weighted by atomic mass is 16.4. The smallest absolute Gasteiger partial charge is 0.335 e. The molecule has 0 bridgehead atoms. The summed E-state index contributed by atoms with van der Waals surface area (Å²) in [4.78, 5) is 22.5. The Hall–Kier alpha value is -1.88. The van der Waals surface area contributed by atoms with E-state index in [0.717, 1.165) is 24.9 Å². The van der Waals surface area contributed by atoms with Crippen molar-refractivity contribution in [2.45, 2.75) is 31.8 Å². The van der Waals surface area contributed by atoms with E-state index in [-0.39, 0.29) is 17.5 Å². The van der Waals surface area contributed by atoms with Gasteiger partial charge in [0.1, 0.15) is 0 Å². The fraction of sp³-hybridized carbons (Fsp3) is 0.429. The third-order valence-electron chi connectivity index (χ3n) is 3.26. The number of hydrogen-bond donors (Lipinski definition) is 3. The van der Waals surface area contributed by atoms with Crippen LogP contribution >= 0.6 is 0 Å². The molecule has 0 aliphatic carbocycles. The maximum atomic E-state index is 11.7. The highest BCUT2D eigenvalue weighted by molar-refractivity contribution is 5.87. The Balaban J connectivity index is 1.82. The summed E-state index contributed by atoms with van der Waals surface area (Å²) in [7, 11) is 0. The van der Waals surface area contributed by atoms with Crippen molar-refractivity contribution in [2.24, 2.45) is 0 Å². The number of carboxylic acids is 1. The summed E-state index contributed by atoms with van der Waals surface area (Å²) in [6.45, 7) is 1.35. The van der Waals surface area contributed by atoms with Crippen molar-refractivity contribution in [3.63, 3.8) is 0 Å². The number of benzene rings is 1. The van der Waals surface area contributed by atoms with Gasteiger partial charge in [0.25, 0.3) is 0 Å². The molecule has 0 saturated carbocycles. The Bertz CT molecular complexity index is 468. The molecule has 19 heavy (non-hydrogen) atoms. The normalized spacial score (nSPS) is 18.2. The Morgan fingerprint density at radius 1 is 1.42 bits per heavy atom. The standard InChI is InChI=1S/C14H18N2O3/c17-13(8-12-5-2-6-15-12)16-9-10-3-1-4-11(7-10)14(18)19/h1,3-4,7,12,15H,2,5-6,8-9H2,(H,16,17)(H,18,19). The molecule has 1 aliphatic rings. The van der Waals surface area contributed by atoms with Crippen LogP contribution in [0.3, 0.4) is 0 Å². The van der Waals surface area contributed by atoms with Crippen LogP contribution in [-0.4, -0.2) is 29.6 Å². The minimum absolute atomic E-state index is 0.000119. The van der Waals surface area contributed by atoms with Crippen molar-refractivity contribution >= 4 is 11.9 Å². The Labute approximate surface area is 112 Å². The largest absolute Gasteiger partial charge is 0.478 e. The molecule has 3 N–H and O–H groups in total. The van der Waals surface area contributed by atoms with E-state index >= 15 is 0 Å². The third kappa shape index (κ3) is 4.06. The van der Waals surface area contributed by atoms with E-state index < -0.39 is 5.97 Å². The van der Waals surface area contributed by atoms with Gasteiger partial charge in [-0.25, -0.2) is 4.79 Å². The molecule has 5 heteroatoms. The minimum Gasteiger partial charge on any atom is -0.478 e. The lowest BCUT2D eigenvalue weighted by Gasteiger charge is -2.10. The molecule has 1 aromatic carbocycles. The van der Waals surface area contributed by atoms with E-state index in [1.165, 1.54) is 6.07 Å². The number of amides is 1. The lowest BCUT2D eigenvalue weighted by molar-refractivity contribution is -0.121. The summed E-state index contributed by atoms with van der Waals surface area (Å²) in [5.41, 5.74) is 1.04. The quantitative estimate of drug-likeness (QED) is 0.743. The lowest BCUT2D eigenvalue weighted by atomic mass is 10.1. The van der Waals surface area contributed by atoms with Gasteiger partial charge in [-0.2, -0.15) is 0 Å². The SMILES string of the molecule is O=C(CC1CCCN1)NCc1cccc(C(=O)O)c1. The van der Waals surface area contributed by atoms with Crippen LogP contribution in [0.15, 0.2) is 24.3 Å². The maximum Gasteiger partial charge on any atom is 0.335 e. The summed E-state index contributed by atoms with van der Waals surface area (Å²) in [5.74, 6) is -0.955. The van der Waals surface area contributed by atoms with Crippen LogP contribution in [0.2, 0.25) is 0 Å². The van der Waals surface area contributed by atoms with Crippen LogP contribution in [0.4, 0.5) is 0 Å². The van der Waals surface area contributed by atoms with Crippen molar-refractivity contribution in [3.05, 3.63) is 35.4 Å². The predicted octanol–water partition coefficient (Wildman–Crippen LogP) is 1.14. The topological polar surface area (TPSA) is 78.4 Å². The summed E-state index contributed by atoms with van der Waals surface area (Å²) in [6.07, 6.45) is 2.65. The first kappa shape index (κ1) is 13.5. The van der Waals surface area contributed by atoms with Gasteiger partial charge in [0, 0.05) is 19.0 Å². The molecule has 0 radical (unpaired) electrons. The van der Waals surface area contributed by atoms with Crippen LogP contribution in [0.5, 0.6) is 0 Å². The molecular formula is C14H18N2O3. The average molecular weight is 262 g/mol. The fourth-order valence-corrected chi connectivity index (χ4v) is 2.24. The molecule has 1 amide bonds. The van der Waals surface area contributed by atoms with E-state index in [1.807, 2.05) is 0 Å². The van der Waals surface area contributed by atoms with E-state index in [4.69, 9.17) is 5.11 Å². The zero-order valence-corrected chi connectivity index (χ0v) is 10.7. The van der Waals surface area contributed by atoms with Gasteiger partial charge in [0.15, 0.2) is 0 Å². The molecule has 1 heterocycles. The van der Waals surface area contributed by atoms with Crippen molar-refractivity contribution in [1.29, 1.82) is 0 Å². The molecule has 0 aromatic heterocycles. The first-order chi connectivity index (χ1) is 9.15. The van der Waals surface area contributed by atoms with E-state index in [9.17, 15) is 9.59 Å². The Kier molecular flexibility index (Phi) is 4.52. The highest BCUT2D eigenvalue weighted by Crippen LogP contribution is 2.09. The number of carbonyl (C=O) groups excluding carboxylic acids is 1. The van der Waals surface area contributed by atoms with Gasteiger partial charge in [0.05, 0.1) is 5.56 Å². The van der Waals surface area contributed by atoms with Crippen LogP contribution in [-0.2, 0) is 11.3 Å². The Morgan fingerprint density at radius 2 is 2.26 bits per heavy atom. The van der Waals surface area contributed by atoms with Crippen molar-refractivity contribution in [2.75, 3.05) is 6.54 Å². The molecule has 1 fully saturated rings. The Morgan fingerprint density at radius 3 is 2.95 bits per heavy atom. The van der Waals surface area contributed by atoms with Crippen molar-refractivity contribution in [3.8, 4) is 0 Å². The molecule has 1 saturated heterocycles. The summed E-state index contributed by atoms with van der Waals surface area (Å²) >= 11 is 0. The summed E-state index contributed by atoms with van der Waals surface area (Å²) in [6, 6.07) is 6.89. The molecule has 0 spiro atoms. The molecule has 102 valence electrons. The molecule has 2 rings (SSSR count). The number of carboxylic acid groups (broad SMARTS) is 1. The van der Waals surface area contributed by atoms with Gasteiger partial charge < -0.3 is 15.7 Å². The second kappa shape index (κ2) is 6.33. The fourth-order valence-electron chi connectivity index (χ4n) is 2.24. The van der Waals surface area contributed by atoms with E-state index in [2.05, 4.69) is 10.6 Å².